The van der Waals surface area contributed by atoms with Gasteiger partial charge in [-0.1, -0.05) is 12.2 Å². The van der Waals surface area contributed by atoms with Gasteiger partial charge in [-0.15, -0.1) is 0 Å². The van der Waals surface area contributed by atoms with Crippen molar-refractivity contribution in [3.8, 4) is 0 Å². The molecule has 2 N–H and O–H groups in total. The topological polar surface area (TPSA) is 32.5 Å². The lowest BCUT2D eigenvalue weighted by molar-refractivity contribution is 0.337. The fourth-order valence-corrected chi connectivity index (χ4v) is 3.53. The van der Waals surface area contributed by atoms with Crippen molar-refractivity contribution < 1.29 is 0 Å². The van der Waals surface area contributed by atoms with Gasteiger partial charge >= 0.3 is 0 Å². The molecule has 104 valence electrons. The summed E-state index contributed by atoms with van der Waals surface area (Å²) in [6, 6.07) is 6.75. The molecule has 2 rings (SSSR count). The van der Waals surface area contributed by atoms with Gasteiger partial charge in [0.25, 0.3) is 0 Å². The van der Waals surface area contributed by atoms with Crippen LogP contribution in [0.5, 0.6) is 0 Å². The van der Waals surface area contributed by atoms with E-state index in [1.807, 2.05) is 6.07 Å². The Hall–Kier alpha value is -0.650. The Kier molecular flexibility index (Phi) is 4.81. The summed E-state index contributed by atoms with van der Waals surface area (Å²) in [5.74, 6) is 0. The van der Waals surface area contributed by atoms with E-state index in [4.69, 9.17) is 18.0 Å². The summed E-state index contributed by atoms with van der Waals surface area (Å²) < 4.78 is 0.974. The van der Waals surface area contributed by atoms with Gasteiger partial charge in [0, 0.05) is 34.9 Å². The van der Waals surface area contributed by atoms with Crippen LogP contribution in [0.1, 0.15) is 18.9 Å². The first-order valence-electron chi connectivity index (χ1n) is 6.53. The zero-order valence-corrected chi connectivity index (χ0v) is 13.8. The minimum atomic E-state index is 0.432. The third kappa shape index (κ3) is 3.46. The van der Waals surface area contributed by atoms with Crippen LogP contribution in [0, 0.1) is 0 Å². The number of benzene rings is 1. The fourth-order valence-electron chi connectivity index (χ4n) is 2.64. The molecule has 0 radical (unpaired) electrons. The van der Waals surface area contributed by atoms with Gasteiger partial charge in [0.1, 0.15) is 4.99 Å². The molecule has 5 heteroatoms. The molecule has 1 heterocycles. The van der Waals surface area contributed by atoms with Gasteiger partial charge in [0.05, 0.1) is 0 Å². The van der Waals surface area contributed by atoms with Crippen LogP contribution in [0.15, 0.2) is 22.7 Å². The van der Waals surface area contributed by atoms with Crippen molar-refractivity contribution in [3.05, 3.63) is 28.2 Å². The van der Waals surface area contributed by atoms with E-state index in [9.17, 15) is 0 Å². The van der Waals surface area contributed by atoms with Crippen molar-refractivity contribution in [1.82, 2.24) is 4.90 Å². The largest absolute Gasteiger partial charge is 0.389 e. The molecule has 19 heavy (non-hydrogen) atoms. The summed E-state index contributed by atoms with van der Waals surface area (Å²) in [7, 11) is 2.19. The lowest BCUT2D eigenvalue weighted by atomic mass is 10.1. The molecule has 0 aromatic heterocycles. The van der Waals surface area contributed by atoms with E-state index in [0.29, 0.717) is 11.0 Å². The smallest absolute Gasteiger partial charge is 0.105 e. The van der Waals surface area contributed by atoms with Gasteiger partial charge in [-0.25, -0.2) is 0 Å². The first-order valence-corrected chi connectivity index (χ1v) is 7.73. The predicted octanol–water partition coefficient (Wildman–Crippen LogP) is 2.61. The molecule has 1 atom stereocenters. The molecule has 3 nitrogen and oxygen atoms in total. The molecule has 0 spiro atoms. The first kappa shape index (κ1) is 14.8. The number of rotatable bonds is 2. The van der Waals surface area contributed by atoms with E-state index in [1.54, 1.807) is 0 Å². The molecule has 1 fully saturated rings. The maximum Gasteiger partial charge on any atom is 0.105 e. The summed E-state index contributed by atoms with van der Waals surface area (Å²) in [5.41, 5.74) is 7.83. The number of halogens is 1. The van der Waals surface area contributed by atoms with Crippen molar-refractivity contribution in [3.63, 3.8) is 0 Å². The summed E-state index contributed by atoms with van der Waals surface area (Å²) in [4.78, 5) is 5.28. The molecule has 1 aliphatic rings. The Morgan fingerprint density at radius 3 is 2.79 bits per heavy atom. The third-order valence-corrected chi connectivity index (χ3v) is 4.47. The monoisotopic (exact) mass is 341 g/mol. The summed E-state index contributed by atoms with van der Waals surface area (Å²) >= 11 is 8.60. The Balaban J connectivity index is 2.25. The molecular weight excluding hydrogens is 322 g/mol. The second kappa shape index (κ2) is 6.20. The molecule has 1 aliphatic heterocycles. The third-order valence-electron chi connectivity index (χ3n) is 3.60. The molecular formula is C14H20BrN3S. The SMILES string of the molecule is CC1CN(C)CCCN1c1ccc(C(N)=S)c(Br)c1. The van der Waals surface area contributed by atoms with Crippen LogP contribution in [0.3, 0.4) is 0 Å². The van der Waals surface area contributed by atoms with Gasteiger partial charge < -0.3 is 15.5 Å². The van der Waals surface area contributed by atoms with Crippen LogP contribution in [0.2, 0.25) is 0 Å². The molecule has 1 unspecified atom stereocenters. The molecule has 1 aromatic carbocycles. The number of hydrogen-bond donors (Lipinski definition) is 1. The number of thiocarbonyl (C=S) groups is 1. The Labute approximate surface area is 128 Å². The highest BCUT2D eigenvalue weighted by molar-refractivity contribution is 9.10. The average molecular weight is 342 g/mol. The molecule has 1 aromatic rings. The lowest BCUT2D eigenvalue weighted by Crippen LogP contribution is -2.37. The number of nitrogens with two attached hydrogens (primary N) is 1. The number of hydrogen-bond acceptors (Lipinski definition) is 3. The van der Waals surface area contributed by atoms with E-state index < -0.39 is 0 Å². The minimum absolute atomic E-state index is 0.432. The average Bonchev–Trinajstić information content (AvgIpc) is 2.49. The van der Waals surface area contributed by atoms with Crippen LogP contribution in [0.25, 0.3) is 0 Å². The van der Waals surface area contributed by atoms with Crippen molar-refractivity contribution in [2.45, 2.75) is 19.4 Å². The normalized spacial score (nSPS) is 21.2. The highest BCUT2D eigenvalue weighted by Gasteiger charge is 2.20. The lowest BCUT2D eigenvalue weighted by Gasteiger charge is -2.30. The number of nitrogens with zero attached hydrogens (tertiary/aromatic N) is 2. The van der Waals surface area contributed by atoms with Gasteiger partial charge in [-0.05, 0) is 61.1 Å². The molecule has 0 amide bonds. The van der Waals surface area contributed by atoms with Crippen LogP contribution < -0.4 is 10.6 Å². The van der Waals surface area contributed by atoms with Crippen molar-refractivity contribution >= 4 is 38.8 Å². The van der Waals surface area contributed by atoms with Crippen molar-refractivity contribution in [2.24, 2.45) is 5.73 Å². The van der Waals surface area contributed by atoms with Crippen molar-refractivity contribution in [2.75, 3.05) is 31.6 Å². The van der Waals surface area contributed by atoms with Gasteiger partial charge in [-0.2, -0.15) is 0 Å². The summed E-state index contributed by atoms with van der Waals surface area (Å²) in [6.07, 6.45) is 1.19. The molecule has 1 saturated heterocycles. The second-order valence-electron chi connectivity index (χ2n) is 5.19. The summed E-state index contributed by atoms with van der Waals surface area (Å²) in [6.45, 7) is 5.61. The maximum absolute atomic E-state index is 5.69. The second-order valence-corrected chi connectivity index (χ2v) is 6.48. The van der Waals surface area contributed by atoms with E-state index in [2.05, 4.69) is 51.8 Å². The minimum Gasteiger partial charge on any atom is -0.389 e. The van der Waals surface area contributed by atoms with E-state index in [1.165, 1.54) is 12.1 Å². The zero-order chi connectivity index (χ0) is 14.0. The van der Waals surface area contributed by atoms with E-state index in [-0.39, 0.29) is 0 Å². The maximum atomic E-state index is 5.69. The zero-order valence-electron chi connectivity index (χ0n) is 11.4. The van der Waals surface area contributed by atoms with Gasteiger partial charge in [-0.3, -0.25) is 0 Å². The highest BCUT2D eigenvalue weighted by atomic mass is 79.9. The van der Waals surface area contributed by atoms with Crippen LogP contribution in [0.4, 0.5) is 5.69 Å². The standard InChI is InChI=1S/C14H20BrN3S/c1-10-9-17(2)6-3-7-18(10)11-4-5-12(14(16)19)13(15)8-11/h4-5,8,10H,3,6-7,9H2,1-2H3,(H2,16,19). The van der Waals surface area contributed by atoms with Gasteiger partial charge in [0.15, 0.2) is 0 Å². The molecule has 0 saturated carbocycles. The number of likely N-dealkylation sites (N-methyl/N-ethyl adjacent to an activating group) is 1. The predicted molar refractivity (Wildman–Crippen MR) is 89.0 cm³/mol. The van der Waals surface area contributed by atoms with E-state index >= 15 is 0 Å². The summed E-state index contributed by atoms with van der Waals surface area (Å²) in [5, 5.41) is 0. The van der Waals surface area contributed by atoms with Crippen molar-refractivity contribution in [1.29, 1.82) is 0 Å². The Bertz CT molecular complexity index is 478. The van der Waals surface area contributed by atoms with Crippen LogP contribution >= 0.6 is 28.1 Å². The van der Waals surface area contributed by atoms with Crippen LogP contribution in [-0.4, -0.2) is 42.6 Å². The van der Waals surface area contributed by atoms with E-state index in [0.717, 1.165) is 29.7 Å². The quantitative estimate of drug-likeness (QED) is 0.838. The fraction of sp³-hybridized carbons (Fsp3) is 0.500. The Morgan fingerprint density at radius 2 is 2.16 bits per heavy atom. The molecule has 0 aliphatic carbocycles. The van der Waals surface area contributed by atoms with Crippen LogP contribution in [-0.2, 0) is 0 Å². The highest BCUT2D eigenvalue weighted by Crippen LogP contribution is 2.26. The number of anilines is 1. The molecule has 0 bridgehead atoms. The van der Waals surface area contributed by atoms with Gasteiger partial charge in [0.2, 0.25) is 0 Å². The first-order chi connectivity index (χ1) is 8.99. The Morgan fingerprint density at radius 1 is 1.42 bits per heavy atom.